The third-order valence-corrected chi connectivity index (χ3v) is 6.07. The fourth-order valence-electron chi connectivity index (χ4n) is 4.30. The van der Waals surface area contributed by atoms with Crippen molar-refractivity contribution >= 4 is 35.0 Å². The second kappa shape index (κ2) is 8.80. The van der Waals surface area contributed by atoms with Gasteiger partial charge in [0.2, 0.25) is 5.95 Å². The topological polar surface area (TPSA) is 99.7 Å². The van der Waals surface area contributed by atoms with Crippen molar-refractivity contribution < 1.29 is 23.1 Å². The van der Waals surface area contributed by atoms with Gasteiger partial charge in [0.1, 0.15) is 11.4 Å². The van der Waals surface area contributed by atoms with E-state index >= 15 is 0 Å². The van der Waals surface area contributed by atoms with E-state index in [2.05, 4.69) is 20.6 Å². The highest BCUT2D eigenvalue weighted by molar-refractivity contribution is 6.02. The molecule has 33 heavy (non-hydrogen) atoms. The molecule has 0 radical (unpaired) electrons. The maximum Gasteiger partial charge on any atom is 0.342 e. The van der Waals surface area contributed by atoms with E-state index in [1.807, 2.05) is 0 Å². The molecule has 2 heterocycles. The molecule has 176 valence electrons. The van der Waals surface area contributed by atoms with Crippen LogP contribution in [0, 0.1) is 0 Å². The van der Waals surface area contributed by atoms with Gasteiger partial charge in [-0.25, -0.2) is 4.98 Å². The Kier molecular flexibility index (Phi) is 6.05. The van der Waals surface area contributed by atoms with Crippen LogP contribution in [0.4, 0.5) is 31.9 Å². The first-order valence-corrected chi connectivity index (χ1v) is 10.7. The van der Waals surface area contributed by atoms with Crippen LogP contribution in [0.2, 0.25) is 0 Å². The van der Waals surface area contributed by atoms with Crippen LogP contribution in [-0.4, -0.2) is 61.5 Å². The van der Waals surface area contributed by atoms with Crippen molar-refractivity contribution in [3.8, 4) is 5.75 Å². The average Bonchev–Trinajstić information content (AvgIpc) is 3.34. The third kappa shape index (κ3) is 4.27. The number of anilines is 4. The summed E-state index contributed by atoms with van der Waals surface area (Å²) in [7, 11) is 4.31. The van der Waals surface area contributed by atoms with Gasteiger partial charge in [0, 0.05) is 25.7 Å². The summed E-state index contributed by atoms with van der Waals surface area (Å²) in [6.45, 7) is -0.728. The summed E-state index contributed by atoms with van der Waals surface area (Å²) in [6, 6.07) is 4.71. The van der Waals surface area contributed by atoms with Gasteiger partial charge in [-0.3, -0.25) is 9.59 Å². The van der Waals surface area contributed by atoms with E-state index in [0.717, 1.165) is 30.6 Å². The first-order valence-electron chi connectivity index (χ1n) is 10.7. The number of fused-ring (bicyclic) bond motifs is 1. The summed E-state index contributed by atoms with van der Waals surface area (Å²) < 4.78 is 34.8. The zero-order valence-corrected chi connectivity index (χ0v) is 18.7. The smallest absolute Gasteiger partial charge is 0.342 e. The number of amides is 2. The fourth-order valence-corrected chi connectivity index (χ4v) is 4.30. The maximum atomic E-state index is 14.7. The lowest BCUT2D eigenvalue weighted by molar-refractivity contribution is -0.140. The Morgan fingerprint density at radius 3 is 2.67 bits per heavy atom. The maximum absolute atomic E-state index is 14.7. The Morgan fingerprint density at radius 1 is 1.27 bits per heavy atom. The molecule has 2 N–H and O–H groups in total. The molecule has 0 spiro atoms. The van der Waals surface area contributed by atoms with Crippen LogP contribution in [0.15, 0.2) is 24.4 Å². The van der Waals surface area contributed by atoms with E-state index in [1.165, 1.54) is 27.4 Å². The van der Waals surface area contributed by atoms with Crippen LogP contribution in [0.1, 0.15) is 36.0 Å². The van der Waals surface area contributed by atoms with Crippen LogP contribution in [0.5, 0.6) is 5.75 Å². The number of rotatable bonds is 5. The molecule has 1 aromatic heterocycles. The second-order valence-corrected chi connectivity index (χ2v) is 8.16. The lowest BCUT2D eigenvalue weighted by Gasteiger charge is -2.31. The van der Waals surface area contributed by atoms with Gasteiger partial charge in [0.15, 0.2) is 5.82 Å². The fraction of sp³-hybridized carbons (Fsp3) is 0.455. The number of nitrogens with zero attached hydrogens (tertiary/aromatic N) is 4. The third-order valence-electron chi connectivity index (χ3n) is 6.07. The summed E-state index contributed by atoms with van der Waals surface area (Å²) in [4.78, 5) is 35.5. The average molecular weight is 460 g/mol. The molecular weight excluding hydrogens is 434 g/mol. The van der Waals surface area contributed by atoms with Crippen molar-refractivity contribution in [2.24, 2.45) is 0 Å². The standard InChI is InChI=1S/C22H26F2N6O3/c1-25-19(31)13-8-9-15(17(10-13)33-3)27-21-26-11-16-18(28-21)30(14-6-4-5-7-14)12-22(23,24)20(32)29(16)2/h8-11,14H,4-7,12H2,1-3H3,(H,25,31)(H,26,27,28). The molecule has 1 saturated carbocycles. The highest BCUT2D eigenvalue weighted by Gasteiger charge is 2.48. The summed E-state index contributed by atoms with van der Waals surface area (Å²) in [5, 5.41) is 5.59. The lowest BCUT2D eigenvalue weighted by Crippen LogP contribution is -2.48. The second-order valence-electron chi connectivity index (χ2n) is 8.16. The molecule has 2 aromatic rings. The minimum Gasteiger partial charge on any atom is -0.495 e. The van der Waals surface area contributed by atoms with Crippen LogP contribution in [0.25, 0.3) is 0 Å². The number of ether oxygens (including phenoxy) is 1. The number of benzene rings is 1. The van der Waals surface area contributed by atoms with Gasteiger partial charge >= 0.3 is 5.92 Å². The van der Waals surface area contributed by atoms with Crippen molar-refractivity contribution in [1.29, 1.82) is 0 Å². The Balaban J connectivity index is 1.72. The van der Waals surface area contributed by atoms with E-state index in [9.17, 15) is 18.4 Å². The van der Waals surface area contributed by atoms with Crippen molar-refractivity contribution in [2.75, 3.05) is 42.9 Å². The zero-order valence-electron chi connectivity index (χ0n) is 18.7. The van der Waals surface area contributed by atoms with E-state index in [4.69, 9.17) is 4.74 Å². The number of carbonyl (C=O) groups is 2. The quantitative estimate of drug-likeness (QED) is 0.708. The molecule has 4 rings (SSSR count). The highest BCUT2D eigenvalue weighted by atomic mass is 19.3. The highest BCUT2D eigenvalue weighted by Crippen LogP contribution is 2.40. The zero-order chi connectivity index (χ0) is 23.8. The van der Waals surface area contributed by atoms with E-state index in [1.54, 1.807) is 23.1 Å². The molecule has 2 amide bonds. The molecular formula is C22H26F2N6O3. The predicted molar refractivity (Wildman–Crippen MR) is 120 cm³/mol. The molecule has 1 aromatic carbocycles. The molecule has 2 aliphatic rings. The van der Waals surface area contributed by atoms with Gasteiger partial charge in [-0.15, -0.1) is 0 Å². The number of halogens is 2. The molecule has 0 atom stereocenters. The Bertz CT molecular complexity index is 1070. The summed E-state index contributed by atoms with van der Waals surface area (Å²) in [5.74, 6) is -4.24. The van der Waals surface area contributed by atoms with Gasteiger partial charge in [-0.1, -0.05) is 12.8 Å². The Morgan fingerprint density at radius 2 is 2.00 bits per heavy atom. The van der Waals surface area contributed by atoms with Crippen LogP contribution >= 0.6 is 0 Å². The van der Waals surface area contributed by atoms with Gasteiger partial charge in [0.25, 0.3) is 11.8 Å². The number of nitrogens with one attached hydrogen (secondary N) is 2. The van der Waals surface area contributed by atoms with E-state index in [-0.39, 0.29) is 29.4 Å². The summed E-state index contributed by atoms with van der Waals surface area (Å²) in [5.41, 5.74) is 1.15. The minimum atomic E-state index is -3.54. The van der Waals surface area contributed by atoms with Crippen LogP contribution in [-0.2, 0) is 4.79 Å². The first-order chi connectivity index (χ1) is 15.7. The van der Waals surface area contributed by atoms with Gasteiger partial charge in [-0.05, 0) is 31.0 Å². The first kappa shape index (κ1) is 22.7. The molecule has 0 saturated heterocycles. The van der Waals surface area contributed by atoms with Gasteiger partial charge in [-0.2, -0.15) is 13.8 Å². The van der Waals surface area contributed by atoms with Gasteiger partial charge < -0.3 is 25.2 Å². The molecule has 0 unspecified atom stereocenters. The molecule has 11 heteroatoms. The largest absolute Gasteiger partial charge is 0.495 e. The van der Waals surface area contributed by atoms with Gasteiger partial charge in [0.05, 0.1) is 25.5 Å². The molecule has 1 fully saturated rings. The molecule has 0 bridgehead atoms. The van der Waals surface area contributed by atoms with Crippen LogP contribution < -0.4 is 25.2 Å². The number of hydrogen-bond donors (Lipinski definition) is 2. The van der Waals surface area contributed by atoms with Crippen molar-refractivity contribution in [3.63, 3.8) is 0 Å². The molecule has 1 aliphatic carbocycles. The summed E-state index contributed by atoms with van der Waals surface area (Å²) in [6.07, 6.45) is 4.77. The molecule has 9 nitrogen and oxygen atoms in total. The minimum absolute atomic E-state index is 0.127. The number of methoxy groups -OCH3 is 1. The summed E-state index contributed by atoms with van der Waals surface area (Å²) >= 11 is 0. The van der Waals surface area contributed by atoms with Crippen LogP contribution in [0.3, 0.4) is 0 Å². The van der Waals surface area contributed by atoms with E-state index < -0.39 is 18.4 Å². The Hall–Kier alpha value is -3.50. The van der Waals surface area contributed by atoms with Crippen molar-refractivity contribution in [2.45, 2.75) is 37.6 Å². The number of alkyl halides is 2. The molecule has 1 aliphatic heterocycles. The predicted octanol–water partition coefficient (Wildman–Crippen LogP) is 2.95. The normalized spacial score (nSPS) is 18.0. The van der Waals surface area contributed by atoms with E-state index in [0.29, 0.717) is 17.0 Å². The number of hydrogen-bond acceptors (Lipinski definition) is 7. The Labute approximate surface area is 190 Å². The number of carbonyl (C=O) groups excluding carboxylic acids is 2. The SMILES string of the molecule is CNC(=O)c1ccc(Nc2ncc3c(n2)N(C2CCCC2)CC(F)(F)C(=O)N3C)c(OC)c1. The monoisotopic (exact) mass is 460 g/mol. The van der Waals surface area contributed by atoms with Crippen molar-refractivity contribution in [1.82, 2.24) is 15.3 Å². The number of aromatic nitrogens is 2. The van der Waals surface area contributed by atoms with Crippen molar-refractivity contribution in [3.05, 3.63) is 30.0 Å². The lowest BCUT2D eigenvalue weighted by atomic mass is 10.1.